The fraction of sp³-hybridized carbons (Fsp3) is 0.588. The van der Waals surface area contributed by atoms with Gasteiger partial charge in [-0.15, -0.1) is 0 Å². The predicted octanol–water partition coefficient (Wildman–Crippen LogP) is 3.35. The molecular weight excluding hydrogens is 335 g/mol. The van der Waals surface area contributed by atoms with Crippen molar-refractivity contribution in [3.8, 4) is 0 Å². The Balaban J connectivity index is 2.04. The summed E-state index contributed by atoms with van der Waals surface area (Å²) < 4.78 is 0. The zero-order chi connectivity index (χ0) is 17.3. The topological polar surface area (TPSA) is 52.6 Å². The van der Waals surface area contributed by atoms with E-state index in [1.807, 2.05) is 21.0 Å². The minimum Gasteiger partial charge on any atom is -0.390 e. The van der Waals surface area contributed by atoms with Gasteiger partial charge in [0.05, 0.1) is 15.6 Å². The van der Waals surface area contributed by atoms with E-state index in [4.69, 9.17) is 23.2 Å². The second-order valence-electron chi connectivity index (χ2n) is 6.93. The molecule has 1 amide bonds. The summed E-state index contributed by atoms with van der Waals surface area (Å²) in [5.74, 6) is -0.165. The Morgan fingerprint density at radius 2 is 1.83 bits per heavy atom. The van der Waals surface area contributed by atoms with E-state index in [-0.39, 0.29) is 11.4 Å². The molecule has 0 bridgehead atoms. The molecule has 0 radical (unpaired) electrons. The molecule has 0 unspecified atom stereocenters. The molecule has 6 heteroatoms. The molecule has 0 aliphatic heterocycles. The summed E-state index contributed by atoms with van der Waals surface area (Å²) in [6, 6.07) is 4.86. The number of hydrogen-bond acceptors (Lipinski definition) is 3. The second-order valence-corrected chi connectivity index (χ2v) is 7.74. The van der Waals surface area contributed by atoms with Gasteiger partial charge in [0.25, 0.3) is 5.91 Å². The molecule has 1 aliphatic rings. The lowest BCUT2D eigenvalue weighted by atomic mass is 9.74. The smallest absolute Gasteiger partial charge is 0.251 e. The first-order chi connectivity index (χ1) is 10.7. The van der Waals surface area contributed by atoms with Gasteiger partial charge in [0.2, 0.25) is 0 Å². The Kier molecular flexibility index (Phi) is 5.62. The number of likely N-dealkylation sites (N-methyl/N-ethyl adjacent to an activating group) is 1. The number of nitrogens with one attached hydrogen (secondary N) is 1. The molecular formula is C17H24Cl2N2O2. The summed E-state index contributed by atoms with van der Waals surface area (Å²) in [7, 11) is 4.04. The summed E-state index contributed by atoms with van der Waals surface area (Å²) >= 11 is 11.8. The molecule has 1 aliphatic carbocycles. The highest BCUT2D eigenvalue weighted by molar-refractivity contribution is 6.42. The largest absolute Gasteiger partial charge is 0.390 e. The van der Waals surface area contributed by atoms with Crippen LogP contribution in [0.15, 0.2) is 18.2 Å². The van der Waals surface area contributed by atoms with Crippen molar-refractivity contribution in [3.05, 3.63) is 33.8 Å². The maximum absolute atomic E-state index is 12.4. The number of carbonyl (C=O) groups excluding carboxylic acids is 1. The van der Waals surface area contributed by atoms with Crippen LogP contribution in [0.3, 0.4) is 0 Å². The Morgan fingerprint density at radius 1 is 1.22 bits per heavy atom. The number of hydrogen-bond donors (Lipinski definition) is 2. The molecule has 0 spiro atoms. The van der Waals surface area contributed by atoms with Gasteiger partial charge >= 0.3 is 0 Å². The number of nitrogens with zero attached hydrogens (tertiary/aromatic N) is 1. The molecule has 4 nitrogen and oxygen atoms in total. The van der Waals surface area contributed by atoms with E-state index in [0.717, 1.165) is 25.7 Å². The summed E-state index contributed by atoms with van der Waals surface area (Å²) in [5, 5.41) is 14.0. The van der Waals surface area contributed by atoms with Crippen LogP contribution in [0, 0.1) is 0 Å². The van der Waals surface area contributed by atoms with Crippen molar-refractivity contribution in [3.63, 3.8) is 0 Å². The van der Waals surface area contributed by atoms with Gasteiger partial charge < -0.3 is 15.3 Å². The quantitative estimate of drug-likeness (QED) is 0.867. The monoisotopic (exact) mass is 358 g/mol. The Morgan fingerprint density at radius 3 is 2.35 bits per heavy atom. The van der Waals surface area contributed by atoms with E-state index in [0.29, 0.717) is 22.2 Å². The van der Waals surface area contributed by atoms with Crippen LogP contribution in [0.2, 0.25) is 10.0 Å². The van der Waals surface area contributed by atoms with E-state index in [2.05, 4.69) is 10.2 Å². The van der Waals surface area contributed by atoms with Crippen LogP contribution in [0.1, 0.15) is 43.0 Å². The number of carbonyl (C=O) groups is 1. The molecule has 128 valence electrons. The maximum Gasteiger partial charge on any atom is 0.251 e. The van der Waals surface area contributed by atoms with Crippen LogP contribution >= 0.6 is 23.2 Å². The van der Waals surface area contributed by atoms with Gasteiger partial charge in [-0.1, -0.05) is 23.2 Å². The third-order valence-corrected chi connectivity index (χ3v) is 5.71. The third-order valence-electron chi connectivity index (χ3n) is 4.97. The third kappa shape index (κ3) is 4.38. The summed E-state index contributed by atoms with van der Waals surface area (Å²) in [4.78, 5) is 14.5. The van der Waals surface area contributed by atoms with Crippen molar-refractivity contribution in [1.29, 1.82) is 0 Å². The van der Waals surface area contributed by atoms with Crippen LogP contribution in [0.4, 0.5) is 0 Å². The Hall–Kier alpha value is -0.810. The van der Waals surface area contributed by atoms with E-state index >= 15 is 0 Å². The second kappa shape index (κ2) is 6.98. The maximum atomic E-state index is 12.4. The zero-order valence-corrected chi connectivity index (χ0v) is 15.3. The van der Waals surface area contributed by atoms with Crippen LogP contribution in [-0.2, 0) is 0 Å². The van der Waals surface area contributed by atoms with Gasteiger partial charge in [-0.25, -0.2) is 0 Å². The Labute approximate surface area is 147 Å². The van der Waals surface area contributed by atoms with Crippen molar-refractivity contribution in [1.82, 2.24) is 10.2 Å². The molecule has 0 saturated heterocycles. The minimum absolute atomic E-state index is 0.131. The average Bonchev–Trinajstić information content (AvgIpc) is 2.49. The number of halogens is 2. The predicted molar refractivity (Wildman–Crippen MR) is 94.3 cm³/mol. The minimum atomic E-state index is -0.604. The van der Waals surface area contributed by atoms with Crippen LogP contribution in [0.25, 0.3) is 0 Å². The average molecular weight is 359 g/mol. The van der Waals surface area contributed by atoms with Gasteiger partial charge in [0.1, 0.15) is 0 Å². The van der Waals surface area contributed by atoms with Crippen LogP contribution in [0.5, 0.6) is 0 Å². The molecule has 0 heterocycles. The molecule has 1 aromatic rings. The van der Waals surface area contributed by atoms with Gasteiger partial charge in [-0.05, 0) is 64.9 Å². The van der Waals surface area contributed by atoms with Crippen LogP contribution < -0.4 is 5.32 Å². The van der Waals surface area contributed by atoms with Crippen molar-refractivity contribution in [2.45, 2.75) is 43.7 Å². The van der Waals surface area contributed by atoms with E-state index in [1.54, 1.807) is 18.2 Å². The fourth-order valence-electron chi connectivity index (χ4n) is 3.02. The first-order valence-electron chi connectivity index (χ1n) is 7.78. The standard InChI is InChI=1S/C17H24Cl2N2O2/c1-16(23)6-8-17(9-7-16,21(2)3)11-20-15(22)12-4-5-13(18)14(19)10-12/h4-5,10,23H,6-9,11H2,1-3H3,(H,20,22). The van der Waals surface area contributed by atoms with Gasteiger partial charge in [-0.2, -0.15) is 0 Å². The molecule has 1 aromatic carbocycles. The summed E-state index contributed by atoms with van der Waals surface area (Å²) in [5.41, 5.74) is -0.238. The van der Waals surface area contributed by atoms with E-state index in [9.17, 15) is 9.90 Å². The molecule has 2 N–H and O–H groups in total. The van der Waals surface area contributed by atoms with Gasteiger partial charge in [0, 0.05) is 17.6 Å². The first kappa shape index (κ1) is 18.5. The number of rotatable bonds is 4. The number of amides is 1. The number of aliphatic hydroxyl groups is 1. The SMILES string of the molecule is CN(C)C1(CNC(=O)c2ccc(Cl)c(Cl)c2)CCC(C)(O)CC1. The molecule has 0 aromatic heterocycles. The van der Waals surface area contributed by atoms with Gasteiger partial charge in [0.15, 0.2) is 0 Å². The Bertz CT molecular complexity index is 578. The van der Waals surface area contributed by atoms with Crippen molar-refractivity contribution < 1.29 is 9.90 Å². The number of benzene rings is 1. The lowest BCUT2D eigenvalue weighted by Crippen LogP contribution is -2.56. The molecule has 1 fully saturated rings. The van der Waals surface area contributed by atoms with Crippen LogP contribution in [-0.4, -0.2) is 47.7 Å². The highest BCUT2D eigenvalue weighted by Gasteiger charge is 2.41. The highest BCUT2D eigenvalue weighted by Crippen LogP contribution is 2.37. The molecule has 0 atom stereocenters. The zero-order valence-electron chi connectivity index (χ0n) is 13.8. The fourth-order valence-corrected chi connectivity index (χ4v) is 3.32. The molecule has 23 heavy (non-hydrogen) atoms. The van der Waals surface area contributed by atoms with E-state index in [1.165, 1.54) is 0 Å². The van der Waals surface area contributed by atoms with Gasteiger partial charge in [-0.3, -0.25) is 4.79 Å². The normalized spacial score (nSPS) is 28.0. The molecule has 1 saturated carbocycles. The first-order valence-corrected chi connectivity index (χ1v) is 8.54. The van der Waals surface area contributed by atoms with Crippen molar-refractivity contribution in [2.24, 2.45) is 0 Å². The summed E-state index contributed by atoms with van der Waals surface area (Å²) in [6.45, 7) is 2.41. The highest BCUT2D eigenvalue weighted by atomic mass is 35.5. The molecule has 2 rings (SSSR count). The van der Waals surface area contributed by atoms with Crippen molar-refractivity contribution in [2.75, 3.05) is 20.6 Å². The lowest BCUT2D eigenvalue weighted by molar-refractivity contribution is -0.0302. The summed E-state index contributed by atoms with van der Waals surface area (Å²) in [6.07, 6.45) is 3.14. The van der Waals surface area contributed by atoms with Crippen molar-refractivity contribution >= 4 is 29.1 Å². The van der Waals surface area contributed by atoms with E-state index < -0.39 is 5.60 Å². The lowest BCUT2D eigenvalue weighted by Gasteiger charge is -2.47.